The van der Waals surface area contributed by atoms with E-state index in [0.29, 0.717) is 6.54 Å². The molecule has 0 bridgehead atoms. The first-order valence-electron chi connectivity index (χ1n) is 8.18. The van der Waals surface area contributed by atoms with Gasteiger partial charge in [0.1, 0.15) is 6.07 Å². The van der Waals surface area contributed by atoms with Crippen molar-refractivity contribution in [1.82, 2.24) is 9.88 Å². The lowest BCUT2D eigenvalue weighted by Crippen LogP contribution is -2.48. The molecule has 6 heteroatoms. The lowest BCUT2D eigenvalue weighted by molar-refractivity contribution is 0.214. The van der Waals surface area contributed by atoms with Gasteiger partial charge in [-0.15, -0.1) is 0 Å². The molecule has 0 fully saturated rings. The maximum atomic E-state index is 9.92. The van der Waals surface area contributed by atoms with Gasteiger partial charge in [0.15, 0.2) is 5.41 Å². The van der Waals surface area contributed by atoms with Crippen molar-refractivity contribution in [2.75, 3.05) is 19.6 Å². The van der Waals surface area contributed by atoms with Crippen LogP contribution in [0.1, 0.15) is 18.4 Å². The minimum atomic E-state index is -1.58. The molecule has 1 aliphatic heterocycles. The van der Waals surface area contributed by atoms with E-state index in [1.165, 1.54) is 0 Å². The van der Waals surface area contributed by atoms with Gasteiger partial charge in [0, 0.05) is 37.3 Å². The van der Waals surface area contributed by atoms with E-state index in [2.05, 4.69) is 35.0 Å². The molecule has 0 aromatic carbocycles. The van der Waals surface area contributed by atoms with Gasteiger partial charge < -0.3 is 5.73 Å². The van der Waals surface area contributed by atoms with Crippen molar-refractivity contribution in [3.8, 4) is 18.2 Å². The molecule has 1 aromatic heterocycles. The molecule has 6 nitrogen and oxygen atoms in total. The molecule has 1 aromatic rings. The molecule has 0 spiro atoms. The fraction of sp³-hybridized carbons (Fsp3) is 0.368. The first kappa shape index (κ1) is 16.7. The number of hydrogen-bond acceptors (Lipinski definition) is 6. The summed E-state index contributed by atoms with van der Waals surface area (Å²) in [7, 11) is 0. The molecular weight excluding hydrogens is 312 g/mol. The van der Waals surface area contributed by atoms with Gasteiger partial charge >= 0.3 is 0 Å². The Hall–Kier alpha value is -3.14. The summed E-state index contributed by atoms with van der Waals surface area (Å²) in [6.45, 7) is 4.32. The Balaban J connectivity index is 2.30. The highest BCUT2D eigenvalue weighted by molar-refractivity contribution is 5.59. The summed E-state index contributed by atoms with van der Waals surface area (Å²) in [5, 5.41) is 29.5. The number of rotatable bonds is 2. The minimum absolute atomic E-state index is 0.0568. The Morgan fingerprint density at radius 3 is 2.68 bits per heavy atom. The van der Waals surface area contributed by atoms with E-state index in [4.69, 9.17) is 5.73 Å². The van der Waals surface area contributed by atoms with Crippen LogP contribution >= 0.6 is 0 Å². The molecule has 3 rings (SSSR count). The molecule has 2 atom stereocenters. The summed E-state index contributed by atoms with van der Waals surface area (Å²) in [6.07, 6.45) is 5.34. The summed E-state index contributed by atoms with van der Waals surface area (Å²) in [6, 6.07) is 10.0. The maximum Gasteiger partial charge on any atom is 0.191 e. The molecular formula is C19H18N6. The quantitative estimate of drug-likeness (QED) is 0.885. The monoisotopic (exact) mass is 330 g/mol. The maximum absolute atomic E-state index is 9.92. The Morgan fingerprint density at radius 1 is 1.36 bits per heavy atom. The van der Waals surface area contributed by atoms with Crippen LogP contribution in [0.3, 0.4) is 0 Å². The molecule has 0 amide bonds. The molecule has 2 aliphatic rings. The van der Waals surface area contributed by atoms with Gasteiger partial charge in [-0.1, -0.05) is 19.1 Å². The lowest BCUT2D eigenvalue weighted by atomic mass is 9.58. The Morgan fingerprint density at radius 2 is 2.12 bits per heavy atom. The van der Waals surface area contributed by atoms with E-state index in [1.54, 1.807) is 18.5 Å². The molecule has 124 valence electrons. The smallest absolute Gasteiger partial charge is 0.191 e. The molecule has 0 saturated heterocycles. The van der Waals surface area contributed by atoms with Crippen molar-refractivity contribution in [3.63, 3.8) is 0 Å². The van der Waals surface area contributed by atoms with Crippen molar-refractivity contribution in [3.05, 3.63) is 53.0 Å². The number of fused-ring (bicyclic) bond motifs is 1. The van der Waals surface area contributed by atoms with Crippen molar-refractivity contribution < 1.29 is 0 Å². The summed E-state index contributed by atoms with van der Waals surface area (Å²) >= 11 is 0. The standard InChI is InChI=1S/C19H18N6/c1-2-25-7-5-14-15(8-20)18(23)19(11-21,12-22)17(16(14)10-25)13-4-3-6-24-9-13/h3-6,9,16-17H,2,7,10,23H2,1H3/t16-,17+/m0/s1. The van der Waals surface area contributed by atoms with Crippen molar-refractivity contribution in [1.29, 1.82) is 15.8 Å². The van der Waals surface area contributed by atoms with Crippen LogP contribution in [-0.4, -0.2) is 29.5 Å². The van der Waals surface area contributed by atoms with Crippen molar-refractivity contribution in [2.24, 2.45) is 17.1 Å². The average molecular weight is 330 g/mol. The van der Waals surface area contributed by atoms with Crippen LogP contribution in [-0.2, 0) is 0 Å². The Labute approximate surface area is 147 Å². The van der Waals surface area contributed by atoms with Gasteiger partial charge in [-0.25, -0.2) is 0 Å². The number of nitrogens with two attached hydrogens (primary N) is 1. The number of hydrogen-bond donors (Lipinski definition) is 1. The highest BCUT2D eigenvalue weighted by Crippen LogP contribution is 2.53. The molecule has 1 aliphatic carbocycles. The van der Waals surface area contributed by atoms with Crippen LogP contribution in [0.5, 0.6) is 0 Å². The van der Waals surface area contributed by atoms with E-state index in [9.17, 15) is 15.8 Å². The van der Waals surface area contributed by atoms with Crippen molar-refractivity contribution >= 4 is 0 Å². The van der Waals surface area contributed by atoms with Crippen LogP contribution in [0.4, 0.5) is 0 Å². The fourth-order valence-corrected chi connectivity index (χ4v) is 3.93. The first-order chi connectivity index (χ1) is 12.1. The second-order valence-electron chi connectivity index (χ2n) is 6.31. The van der Waals surface area contributed by atoms with Gasteiger partial charge in [0.2, 0.25) is 0 Å². The zero-order chi connectivity index (χ0) is 18.0. The van der Waals surface area contributed by atoms with Gasteiger partial charge in [-0.05, 0) is 23.7 Å². The number of nitrogens with zero attached hydrogens (tertiary/aromatic N) is 5. The topological polar surface area (TPSA) is 114 Å². The zero-order valence-corrected chi connectivity index (χ0v) is 14.0. The SMILES string of the molecule is CCN1CC=C2C(C#N)=C(N)C(C#N)(C#N)[C@H](c3cccnc3)[C@H]2C1. The molecule has 0 saturated carbocycles. The van der Waals surface area contributed by atoms with Gasteiger partial charge in [-0.2, -0.15) is 15.8 Å². The third-order valence-electron chi connectivity index (χ3n) is 5.23. The highest BCUT2D eigenvalue weighted by Gasteiger charge is 2.54. The second-order valence-corrected chi connectivity index (χ2v) is 6.31. The first-order valence-corrected chi connectivity index (χ1v) is 8.18. The molecule has 2 heterocycles. The summed E-state index contributed by atoms with van der Waals surface area (Å²) in [5.74, 6) is -0.618. The molecule has 25 heavy (non-hydrogen) atoms. The zero-order valence-electron chi connectivity index (χ0n) is 14.0. The number of pyridine rings is 1. The number of nitriles is 3. The molecule has 0 unspecified atom stereocenters. The van der Waals surface area contributed by atoms with E-state index < -0.39 is 11.3 Å². The molecule has 0 radical (unpaired) electrons. The van der Waals surface area contributed by atoms with E-state index >= 15 is 0 Å². The normalized spacial score (nSPS) is 25.1. The van der Waals surface area contributed by atoms with Crippen LogP contribution in [0, 0.1) is 45.3 Å². The van der Waals surface area contributed by atoms with E-state index in [0.717, 1.165) is 24.2 Å². The summed E-state index contributed by atoms with van der Waals surface area (Å²) < 4.78 is 0. The minimum Gasteiger partial charge on any atom is -0.399 e. The lowest BCUT2D eigenvalue weighted by Gasteiger charge is -2.45. The third-order valence-corrected chi connectivity index (χ3v) is 5.23. The highest BCUT2D eigenvalue weighted by atomic mass is 15.1. The summed E-state index contributed by atoms with van der Waals surface area (Å²) in [4.78, 5) is 6.39. The predicted molar refractivity (Wildman–Crippen MR) is 91.2 cm³/mol. The van der Waals surface area contributed by atoms with Crippen LogP contribution in [0.25, 0.3) is 0 Å². The predicted octanol–water partition coefficient (Wildman–Crippen LogP) is 1.83. The Kier molecular flexibility index (Phi) is 4.28. The second kappa shape index (κ2) is 6.40. The fourth-order valence-electron chi connectivity index (χ4n) is 3.93. The van der Waals surface area contributed by atoms with E-state index in [1.807, 2.05) is 12.1 Å². The molecule has 2 N–H and O–H groups in total. The third kappa shape index (κ3) is 2.38. The number of allylic oxidation sites excluding steroid dienone is 2. The number of aromatic nitrogens is 1. The largest absolute Gasteiger partial charge is 0.399 e. The average Bonchev–Trinajstić information content (AvgIpc) is 2.67. The van der Waals surface area contributed by atoms with Gasteiger partial charge in [0.25, 0.3) is 0 Å². The van der Waals surface area contributed by atoms with Crippen molar-refractivity contribution in [2.45, 2.75) is 12.8 Å². The van der Waals surface area contributed by atoms with Gasteiger partial charge in [0.05, 0.1) is 23.4 Å². The van der Waals surface area contributed by atoms with Gasteiger partial charge in [-0.3, -0.25) is 9.88 Å². The van der Waals surface area contributed by atoms with Crippen LogP contribution in [0.15, 0.2) is 47.4 Å². The van der Waals surface area contributed by atoms with E-state index in [-0.39, 0.29) is 17.2 Å². The summed E-state index contributed by atoms with van der Waals surface area (Å²) in [5.41, 5.74) is 6.63. The Bertz CT molecular complexity index is 848. The van der Waals surface area contributed by atoms with Crippen LogP contribution < -0.4 is 5.73 Å². The van der Waals surface area contributed by atoms with Crippen LogP contribution in [0.2, 0.25) is 0 Å². The number of likely N-dealkylation sites (N-methyl/N-ethyl adjacent to an activating group) is 1.